The van der Waals surface area contributed by atoms with Gasteiger partial charge in [-0.25, -0.2) is 0 Å². The average Bonchev–Trinajstić information content (AvgIpc) is 2.79. The van der Waals surface area contributed by atoms with Crippen LogP contribution in [0, 0.1) is 13.8 Å². The van der Waals surface area contributed by atoms with Crippen molar-refractivity contribution in [1.29, 1.82) is 0 Å². The molecule has 1 atom stereocenters. The Labute approximate surface area is 130 Å². The lowest BCUT2D eigenvalue weighted by Crippen LogP contribution is -2.12. The smallest absolute Gasteiger partial charge is 0.161 e. The number of rotatable bonds is 6. The van der Waals surface area contributed by atoms with Gasteiger partial charge in [-0.1, -0.05) is 6.07 Å². The zero-order chi connectivity index (χ0) is 15.4. The highest BCUT2D eigenvalue weighted by Crippen LogP contribution is 2.35. The minimum Gasteiger partial charge on any atom is -0.490 e. The van der Waals surface area contributed by atoms with Crippen LogP contribution in [0.3, 0.4) is 0 Å². The van der Waals surface area contributed by atoms with E-state index in [1.54, 1.807) is 11.3 Å². The lowest BCUT2D eigenvalue weighted by molar-refractivity contribution is 0.287. The molecule has 0 aliphatic carbocycles. The molecule has 1 heterocycles. The van der Waals surface area contributed by atoms with Gasteiger partial charge in [0.1, 0.15) is 0 Å². The first-order valence-electron chi connectivity index (χ1n) is 7.28. The lowest BCUT2D eigenvalue weighted by Gasteiger charge is -2.16. The minimum atomic E-state index is -0.126. The number of nitrogens with two attached hydrogens (primary N) is 1. The molecule has 1 unspecified atom stereocenters. The molecule has 3 nitrogen and oxygen atoms in total. The van der Waals surface area contributed by atoms with Gasteiger partial charge in [0.15, 0.2) is 11.5 Å². The highest BCUT2D eigenvalue weighted by Gasteiger charge is 2.16. The van der Waals surface area contributed by atoms with Crippen LogP contribution in [0.1, 0.15) is 40.8 Å². The normalized spacial score (nSPS) is 12.2. The van der Waals surface area contributed by atoms with Crippen LogP contribution in [0.25, 0.3) is 0 Å². The zero-order valence-corrected chi connectivity index (χ0v) is 13.9. The molecule has 2 N–H and O–H groups in total. The number of ether oxygens (including phenoxy) is 2. The highest BCUT2D eigenvalue weighted by atomic mass is 32.1. The molecule has 0 saturated heterocycles. The summed E-state index contributed by atoms with van der Waals surface area (Å²) in [6, 6.07) is 8.01. The van der Waals surface area contributed by atoms with Crippen molar-refractivity contribution in [3.8, 4) is 11.5 Å². The zero-order valence-electron chi connectivity index (χ0n) is 13.1. The average molecular weight is 305 g/mol. The van der Waals surface area contributed by atoms with Crippen LogP contribution in [0.15, 0.2) is 24.3 Å². The summed E-state index contributed by atoms with van der Waals surface area (Å²) in [7, 11) is 0. The first kappa shape index (κ1) is 15.9. The molecule has 2 rings (SSSR count). The second-order valence-corrected chi connectivity index (χ2v) is 6.24. The molecule has 1 aromatic carbocycles. The molecule has 0 amide bonds. The lowest BCUT2D eigenvalue weighted by atomic mass is 10.0. The van der Waals surface area contributed by atoms with E-state index in [1.165, 1.54) is 15.3 Å². The molecule has 0 aliphatic heterocycles. The molecule has 0 saturated carbocycles. The van der Waals surface area contributed by atoms with Crippen LogP contribution in [0.5, 0.6) is 11.5 Å². The molecule has 0 aliphatic rings. The summed E-state index contributed by atoms with van der Waals surface area (Å²) in [5, 5.41) is 0. The van der Waals surface area contributed by atoms with Crippen LogP contribution < -0.4 is 15.2 Å². The molecular formula is C17H23NO2S. The second-order valence-electron chi connectivity index (χ2n) is 4.95. The number of thiophene rings is 1. The third-order valence-electron chi connectivity index (χ3n) is 3.29. The maximum atomic E-state index is 6.43. The quantitative estimate of drug-likeness (QED) is 0.869. The Kier molecular flexibility index (Phi) is 5.26. The summed E-state index contributed by atoms with van der Waals surface area (Å²) < 4.78 is 11.3. The van der Waals surface area contributed by atoms with Gasteiger partial charge in [-0.2, -0.15) is 0 Å². The first-order valence-corrected chi connectivity index (χ1v) is 8.10. The molecular weight excluding hydrogens is 282 g/mol. The fourth-order valence-electron chi connectivity index (χ4n) is 2.38. The number of hydrogen-bond acceptors (Lipinski definition) is 4. The van der Waals surface area contributed by atoms with Gasteiger partial charge >= 0.3 is 0 Å². The summed E-state index contributed by atoms with van der Waals surface area (Å²) in [4.78, 5) is 2.49. The van der Waals surface area contributed by atoms with Gasteiger partial charge in [0, 0.05) is 9.75 Å². The number of hydrogen-bond donors (Lipinski definition) is 1. The summed E-state index contributed by atoms with van der Waals surface area (Å²) in [5.74, 6) is 1.53. The Balaban J connectivity index is 2.35. The van der Waals surface area contributed by atoms with Gasteiger partial charge in [-0.05, 0) is 57.0 Å². The van der Waals surface area contributed by atoms with Crippen LogP contribution in [0.4, 0.5) is 0 Å². The molecule has 1 aromatic heterocycles. The van der Waals surface area contributed by atoms with E-state index in [2.05, 4.69) is 19.9 Å². The van der Waals surface area contributed by atoms with E-state index < -0.39 is 0 Å². The van der Waals surface area contributed by atoms with Crippen molar-refractivity contribution in [3.63, 3.8) is 0 Å². The van der Waals surface area contributed by atoms with E-state index in [0.29, 0.717) is 13.2 Å². The molecule has 2 aromatic rings. The van der Waals surface area contributed by atoms with Crippen molar-refractivity contribution in [2.75, 3.05) is 13.2 Å². The maximum absolute atomic E-state index is 6.43. The van der Waals surface area contributed by atoms with Gasteiger partial charge in [0.05, 0.1) is 19.3 Å². The minimum absolute atomic E-state index is 0.126. The van der Waals surface area contributed by atoms with Gasteiger partial charge in [-0.15, -0.1) is 11.3 Å². The third-order valence-corrected chi connectivity index (χ3v) is 4.52. The van der Waals surface area contributed by atoms with Crippen LogP contribution in [0.2, 0.25) is 0 Å². The Morgan fingerprint density at radius 3 is 2.29 bits per heavy atom. The highest BCUT2D eigenvalue weighted by molar-refractivity contribution is 7.12. The van der Waals surface area contributed by atoms with E-state index in [-0.39, 0.29) is 6.04 Å². The molecule has 0 radical (unpaired) electrons. The van der Waals surface area contributed by atoms with Crippen molar-refractivity contribution >= 4 is 11.3 Å². The first-order chi connectivity index (χ1) is 10.1. The molecule has 114 valence electrons. The van der Waals surface area contributed by atoms with Gasteiger partial charge in [0.25, 0.3) is 0 Å². The number of benzene rings is 1. The molecule has 0 bridgehead atoms. The van der Waals surface area contributed by atoms with Crippen molar-refractivity contribution in [1.82, 2.24) is 0 Å². The predicted molar refractivity (Wildman–Crippen MR) is 88.6 cm³/mol. The van der Waals surface area contributed by atoms with E-state index in [9.17, 15) is 0 Å². The van der Waals surface area contributed by atoms with Crippen molar-refractivity contribution < 1.29 is 9.47 Å². The molecule has 4 heteroatoms. The van der Waals surface area contributed by atoms with Gasteiger partial charge < -0.3 is 15.2 Å². The largest absolute Gasteiger partial charge is 0.490 e. The SMILES string of the molecule is CCOc1ccc(C(N)c2sc(C)cc2C)cc1OCC. The molecule has 0 spiro atoms. The van der Waals surface area contributed by atoms with E-state index >= 15 is 0 Å². The number of aryl methyl sites for hydroxylation is 2. The summed E-state index contributed by atoms with van der Waals surface area (Å²) in [5.41, 5.74) is 8.73. The predicted octanol–water partition coefficient (Wildman–Crippen LogP) is 4.21. The topological polar surface area (TPSA) is 44.5 Å². The Hall–Kier alpha value is -1.52. The monoisotopic (exact) mass is 305 g/mol. The third kappa shape index (κ3) is 3.57. The standard InChI is InChI=1S/C17H23NO2S/c1-5-19-14-8-7-13(10-15(14)20-6-2)16(18)17-11(3)9-12(4)21-17/h7-10,16H,5-6,18H2,1-4H3. The fourth-order valence-corrected chi connectivity index (χ4v) is 3.45. The van der Waals surface area contributed by atoms with E-state index in [4.69, 9.17) is 15.2 Å². The Morgan fingerprint density at radius 1 is 1.05 bits per heavy atom. The second kappa shape index (κ2) is 6.96. The molecule has 21 heavy (non-hydrogen) atoms. The Morgan fingerprint density at radius 2 is 1.71 bits per heavy atom. The van der Waals surface area contributed by atoms with Crippen molar-refractivity contribution in [3.05, 3.63) is 45.1 Å². The van der Waals surface area contributed by atoms with Crippen molar-refractivity contribution in [2.45, 2.75) is 33.7 Å². The van der Waals surface area contributed by atoms with Crippen LogP contribution in [-0.2, 0) is 0 Å². The van der Waals surface area contributed by atoms with Gasteiger partial charge in [-0.3, -0.25) is 0 Å². The Bertz CT molecular complexity index is 607. The summed E-state index contributed by atoms with van der Waals surface area (Å²) >= 11 is 1.75. The molecule has 0 fully saturated rings. The maximum Gasteiger partial charge on any atom is 0.161 e. The van der Waals surface area contributed by atoms with Crippen LogP contribution in [-0.4, -0.2) is 13.2 Å². The fraction of sp³-hybridized carbons (Fsp3) is 0.412. The van der Waals surface area contributed by atoms with E-state index in [0.717, 1.165) is 17.1 Å². The summed E-state index contributed by atoms with van der Waals surface area (Å²) in [6.07, 6.45) is 0. The van der Waals surface area contributed by atoms with E-state index in [1.807, 2.05) is 32.0 Å². The van der Waals surface area contributed by atoms with Crippen molar-refractivity contribution in [2.24, 2.45) is 5.73 Å². The summed E-state index contributed by atoms with van der Waals surface area (Å²) in [6.45, 7) is 9.38. The van der Waals surface area contributed by atoms with Gasteiger partial charge in [0.2, 0.25) is 0 Å². The van der Waals surface area contributed by atoms with Crippen LogP contribution >= 0.6 is 11.3 Å².